The SMILES string of the molecule is CC(=O)Nc1ncc(C2C3C=CC(C3)C2c2ccc([N+](=O)[O-])cc2)[nH]1.CC(=O)Nc1ncc([C@H]2CN(C)C[C@@H]2c2ccc(Br)cc2)[nH]1.CN1C[C@H](c2ccc(Br)cc2)[C@@H](c2cnc(N)[nH]2)C1.Nc1ncc(C2C3C=CC(C3)C2c2ccc([N+](=O)[O-])cc2)[nH]1.Nc1ncc([C@@H]2CCCN2c2ccc([N+](=O)[O-])c(Cl)c2)[nH]1. The molecule has 109 heavy (non-hydrogen) atoms. The number of aromatic amines is 5. The Morgan fingerprint density at radius 1 is 0.486 bits per heavy atom. The summed E-state index contributed by atoms with van der Waals surface area (Å²) in [5.41, 5.74) is 28.2. The van der Waals surface area contributed by atoms with E-state index in [-0.39, 0.29) is 61.6 Å². The summed E-state index contributed by atoms with van der Waals surface area (Å²) < 4.78 is 2.21. The standard InChI is InChI=1S/C18H18N4O3.C16H19BrN4O.C16H16N4O2.C14H17BrN4.C13H14ClN5O2/c1-10(23)20-18-19-9-15(21-18)17-13-3-2-12(8-13)16(17)11-4-6-14(7-5-11)22(24)25;1-10(22)19-16-18-7-15(20-16)14-9-21(2)8-13(14)11-3-5-12(17)6-4-11;17-16-18-8-13(19-16)15-11-2-1-10(7-11)14(15)9-3-5-12(6-4-9)20(21)22;1-19-7-11(9-2-4-10(15)5-3-9)12(8-19)13-6-17-14(16)18-13;14-9-6-8(3-4-11(9)19(20)21)18-5-1-2-12(18)10-7-16-13(15)17-10/h2-7,9,12-13,16-17H,8H2,1H3,(H2,19,20,21,23);3-7,13-14H,8-9H2,1-2H3,(H2,18,19,20,22);1-6,8,10-11,14-15H,7H2,(H3,17,18,19);2-6,11-12H,7-8H2,1H3,(H3,16,17,18);3-4,6-7,12H,1-2,5H2,(H3,15,16,17)/t;13-,14+;;11-,12+;12-/m.1.10/s1. The molecular formula is C77H84Br2ClN21O8. The third-order valence-electron chi connectivity index (χ3n) is 21.7. The summed E-state index contributed by atoms with van der Waals surface area (Å²) in [5, 5.41) is 38.0. The second-order valence-corrected chi connectivity index (χ2v) is 31.1. The Morgan fingerprint density at radius 2 is 0.862 bits per heavy atom. The van der Waals surface area contributed by atoms with Gasteiger partial charge in [0, 0.05) is 150 Å². The lowest BCUT2D eigenvalue weighted by molar-refractivity contribution is -0.385. The molecule has 4 aliphatic carbocycles. The summed E-state index contributed by atoms with van der Waals surface area (Å²) in [7, 11) is 4.29. The van der Waals surface area contributed by atoms with Crippen molar-refractivity contribution in [2.45, 2.75) is 92.9 Å². The fraction of sp³-hybridized carbons (Fsp3) is 0.338. The molecule has 566 valence electrons. The molecule has 13 atom stereocenters. The molecule has 3 aliphatic heterocycles. The average molecular weight is 1630 g/mol. The predicted molar refractivity (Wildman–Crippen MR) is 425 cm³/mol. The van der Waals surface area contributed by atoms with Gasteiger partial charge in [0.2, 0.25) is 23.7 Å². The van der Waals surface area contributed by atoms with Crippen LogP contribution >= 0.6 is 43.5 Å². The molecule has 5 aromatic carbocycles. The highest BCUT2D eigenvalue weighted by atomic mass is 79.9. The molecule has 5 aromatic heterocycles. The van der Waals surface area contributed by atoms with Crippen molar-refractivity contribution < 1.29 is 24.4 Å². The molecule has 3 saturated heterocycles. The van der Waals surface area contributed by atoms with E-state index < -0.39 is 4.92 Å². The van der Waals surface area contributed by atoms with E-state index in [0.29, 0.717) is 88.9 Å². The normalized spacial score (nSPS) is 24.1. The number of nitrogen functional groups attached to an aromatic ring is 3. The highest BCUT2D eigenvalue weighted by molar-refractivity contribution is 9.10. The van der Waals surface area contributed by atoms with Crippen molar-refractivity contribution in [2.75, 3.05) is 79.6 Å². The van der Waals surface area contributed by atoms with Gasteiger partial charge in [-0.2, -0.15) is 0 Å². The highest BCUT2D eigenvalue weighted by Gasteiger charge is 2.48. The summed E-state index contributed by atoms with van der Waals surface area (Å²) in [6, 6.07) is 35.8. The summed E-state index contributed by atoms with van der Waals surface area (Å²) in [4.78, 5) is 97.1. The van der Waals surface area contributed by atoms with Crippen LogP contribution in [0.15, 0.2) is 179 Å². The van der Waals surface area contributed by atoms with E-state index in [4.69, 9.17) is 28.8 Å². The zero-order chi connectivity index (χ0) is 76.9. The number of nitrogens with two attached hydrogens (primary N) is 3. The monoisotopic (exact) mass is 1620 g/mol. The molecule has 32 heteroatoms. The van der Waals surface area contributed by atoms with Crippen molar-refractivity contribution in [3.63, 3.8) is 0 Å². The van der Waals surface area contributed by atoms with E-state index in [1.165, 1.54) is 31.0 Å². The van der Waals surface area contributed by atoms with Crippen LogP contribution in [0.2, 0.25) is 5.02 Å². The first-order chi connectivity index (χ1) is 52.4. The van der Waals surface area contributed by atoms with Gasteiger partial charge in [-0.3, -0.25) is 50.6 Å². The number of halogens is 3. The molecule has 5 fully saturated rings. The lowest BCUT2D eigenvalue weighted by atomic mass is 9.77. The van der Waals surface area contributed by atoms with Crippen LogP contribution in [0, 0.1) is 54.0 Å². The number of amides is 2. The van der Waals surface area contributed by atoms with Crippen molar-refractivity contribution in [1.29, 1.82) is 0 Å². The number of hydrogen-bond acceptors (Lipinski definition) is 19. The molecular weight excluding hydrogens is 1540 g/mol. The second-order valence-electron chi connectivity index (χ2n) is 28.8. The predicted octanol–water partition coefficient (Wildman–Crippen LogP) is 14.7. The minimum atomic E-state index is -0.483. The van der Waals surface area contributed by atoms with E-state index >= 15 is 0 Å². The number of likely N-dealkylation sites (N-methyl/N-ethyl adjacent to an activating group) is 2. The molecule has 29 nitrogen and oxygen atoms in total. The zero-order valence-electron chi connectivity index (χ0n) is 60.1. The van der Waals surface area contributed by atoms with E-state index in [2.05, 4.69) is 194 Å². The maximum absolute atomic E-state index is 11.2. The summed E-state index contributed by atoms with van der Waals surface area (Å²) >= 11 is 13.0. The van der Waals surface area contributed by atoms with Gasteiger partial charge in [-0.15, -0.1) is 0 Å². The van der Waals surface area contributed by atoms with Gasteiger partial charge in [0.1, 0.15) is 5.02 Å². The van der Waals surface area contributed by atoms with Crippen LogP contribution in [0.5, 0.6) is 0 Å². The van der Waals surface area contributed by atoms with E-state index in [1.54, 1.807) is 48.8 Å². The van der Waals surface area contributed by atoms with Gasteiger partial charge in [-0.1, -0.05) is 116 Å². The first-order valence-corrected chi connectivity index (χ1v) is 37.8. The minimum absolute atomic E-state index is 0.0815. The van der Waals surface area contributed by atoms with Gasteiger partial charge in [0.05, 0.1) is 57.5 Å². The van der Waals surface area contributed by atoms with Crippen LogP contribution in [-0.4, -0.2) is 133 Å². The Kier molecular flexibility index (Phi) is 23.3. The lowest BCUT2D eigenvalue weighted by Gasteiger charge is -2.27. The lowest BCUT2D eigenvalue weighted by Crippen LogP contribution is -2.22. The number of fused-ring (bicyclic) bond motifs is 4. The number of aromatic nitrogens is 10. The Balaban J connectivity index is 0.000000120. The number of carbonyl (C=O) groups is 2. The Bertz CT molecular complexity index is 4950. The number of non-ortho nitro benzene ring substituents is 2. The number of nitrogens with one attached hydrogen (secondary N) is 7. The van der Waals surface area contributed by atoms with Crippen LogP contribution < -0.4 is 32.7 Å². The summed E-state index contributed by atoms with van der Waals surface area (Å²) in [5.74, 6) is 6.58. The van der Waals surface area contributed by atoms with Crippen molar-refractivity contribution >= 4 is 108 Å². The molecule has 2 saturated carbocycles. The quantitative estimate of drug-likeness (QED) is 0.0259. The first-order valence-electron chi connectivity index (χ1n) is 35.9. The van der Waals surface area contributed by atoms with Crippen LogP contribution in [0.1, 0.15) is 144 Å². The van der Waals surface area contributed by atoms with Crippen molar-refractivity contribution in [2.24, 2.45) is 23.7 Å². The molecule has 2 amide bonds. The summed E-state index contributed by atoms with van der Waals surface area (Å²) in [6.45, 7) is 7.87. The first kappa shape index (κ1) is 76.3. The molecule has 7 aliphatic rings. The molecule has 17 rings (SSSR count). The zero-order valence-corrected chi connectivity index (χ0v) is 64.0. The van der Waals surface area contributed by atoms with Gasteiger partial charge in [0.25, 0.3) is 17.1 Å². The number of imidazole rings is 5. The number of nitro groups is 3. The van der Waals surface area contributed by atoms with E-state index in [9.17, 15) is 39.9 Å². The van der Waals surface area contributed by atoms with Crippen molar-refractivity contribution in [3.8, 4) is 0 Å². The topological polar surface area (TPSA) is 419 Å². The highest BCUT2D eigenvalue weighted by Crippen LogP contribution is 2.59. The van der Waals surface area contributed by atoms with Crippen LogP contribution in [0.25, 0.3) is 0 Å². The number of allylic oxidation sites excluding steroid dienone is 4. The molecule has 0 spiro atoms. The second kappa shape index (κ2) is 33.3. The Morgan fingerprint density at radius 3 is 1.28 bits per heavy atom. The van der Waals surface area contributed by atoms with Crippen molar-refractivity contribution in [3.05, 3.63) is 266 Å². The molecule has 0 radical (unpaired) electrons. The Labute approximate surface area is 649 Å². The van der Waals surface area contributed by atoms with Crippen molar-refractivity contribution in [1.82, 2.24) is 59.6 Å². The number of nitrogens with zero attached hydrogens (tertiary/aromatic N) is 11. The molecule has 8 unspecified atom stereocenters. The van der Waals surface area contributed by atoms with Gasteiger partial charge in [0.15, 0.2) is 17.8 Å². The van der Waals surface area contributed by atoms with E-state index in [0.717, 1.165) is 113 Å². The summed E-state index contributed by atoms with van der Waals surface area (Å²) in [6.07, 6.45) is 22.2. The van der Waals surface area contributed by atoms with Crippen LogP contribution in [0.4, 0.5) is 52.5 Å². The molecule has 4 bridgehead atoms. The molecule has 13 N–H and O–H groups in total. The van der Waals surface area contributed by atoms with E-state index in [1.807, 2.05) is 42.9 Å². The third kappa shape index (κ3) is 17.7. The number of likely N-dealkylation sites (tertiary alicyclic amines) is 2. The molecule has 8 heterocycles. The number of nitro benzene ring substituents is 3. The Hall–Kier alpha value is -10.9. The van der Waals surface area contributed by atoms with Gasteiger partial charge >= 0.3 is 0 Å². The van der Waals surface area contributed by atoms with Gasteiger partial charge in [-0.25, -0.2) is 24.9 Å². The number of anilines is 6. The number of H-pyrrole nitrogens is 5. The number of hydrogen-bond donors (Lipinski definition) is 10. The number of carbonyl (C=O) groups excluding carboxylic acids is 2. The van der Waals surface area contributed by atoms with Crippen LogP contribution in [0.3, 0.4) is 0 Å². The number of benzene rings is 5. The molecule has 10 aromatic rings. The minimum Gasteiger partial charge on any atom is -0.369 e. The maximum Gasteiger partial charge on any atom is 0.288 e. The fourth-order valence-electron chi connectivity index (χ4n) is 17.1. The third-order valence-corrected chi connectivity index (χ3v) is 23.1. The fourth-order valence-corrected chi connectivity index (χ4v) is 17.8. The van der Waals surface area contributed by atoms with Gasteiger partial charge in [-0.05, 0) is 134 Å². The maximum atomic E-state index is 11.2. The largest absolute Gasteiger partial charge is 0.369 e. The van der Waals surface area contributed by atoms with Gasteiger partial charge < -0.3 is 56.8 Å². The smallest absolute Gasteiger partial charge is 0.288 e. The number of rotatable bonds is 15. The van der Waals surface area contributed by atoms with Crippen LogP contribution in [-0.2, 0) is 9.59 Å². The average Bonchev–Trinajstić information content (AvgIpc) is 1.60.